The molecule has 0 spiro atoms. The number of fused-ring (bicyclic) bond motifs is 2. The summed E-state index contributed by atoms with van der Waals surface area (Å²) in [6, 6.07) is 29.5. The molecule has 1 fully saturated rings. The third-order valence-corrected chi connectivity index (χ3v) is 6.92. The number of aromatic nitrogens is 1. The van der Waals surface area contributed by atoms with Gasteiger partial charge in [0.25, 0.3) is 0 Å². The molecule has 1 aliphatic heterocycles. The molecule has 0 unspecified atom stereocenters. The molecule has 4 heteroatoms. The number of amides is 2. The molecule has 3 aromatic carbocycles. The van der Waals surface area contributed by atoms with E-state index in [0.717, 1.165) is 16.5 Å². The number of carbonyl (C=O) groups excluding carboxylic acids is 2. The Labute approximate surface area is 192 Å². The molecule has 0 radical (unpaired) electrons. The van der Waals surface area contributed by atoms with Crippen LogP contribution in [0.25, 0.3) is 10.9 Å². The molecule has 2 heterocycles. The summed E-state index contributed by atoms with van der Waals surface area (Å²) in [5.74, 6) is -1.53. The molecule has 1 aromatic heterocycles. The van der Waals surface area contributed by atoms with Crippen LogP contribution in [0, 0.1) is 11.8 Å². The summed E-state index contributed by atoms with van der Waals surface area (Å²) in [6.45, 7) is 0. The largest absolute Gasteiger partial charge is 0.274 e. The van der Waals surface area contributed by atoms with Crippen LogP contribution in [0.4, 0.5) is 5.69 Å². The molecule has 0 N–H and O–H groups in total. The minimum Gasteiger partial charge on any atom is -0.274 e. The van der Waals surface area contributed by atoms with Crippen molar-refractivity contribution >= 4 is 28.4 Å². The molecule has 6 rings (SSSR count). The first-order chi connectivity index (χ1) is 16.2. The number of carbonyl (C=O) groups is 2. The molecule has 1 saturated heterocycles. The maximum absolute atomic E-state index is 14.0. The summed E-state index contributed by atoms with van der Waals surface area (Å²) >= 11 is 0. The van der Waals surface area contributed by atoms with Crippen LogP contribution in [0.3, 0.4) is 0 Å². The molecular weight excluding hydrogens is 408 g/mol. The predicted octanol–water partition coefficient (Wildman–Crippen LogP) is 5.48. The fourth-order valence-electron chi connectivity index (χ4n) is 5.44. The minimum absolute atomic E-state index is 0.151. The van der Waals surface area contributed by atoms with E-state index in [9.17, 15) is 9.59 Å². The Morgan fingerprint density at radius 1 is 0.606 bits per heavy atom. The van der Waals surface area contributed by atoms with Gasteiger partial charge in [0.15, 0.2) is 0 Å². The van der Waals surface area contributed by atoms with Gasteiger partial charge in [-0.2, -0.15) is 0 Å². The summed E-state index contributed by atoms with van der Waals surface area (Å²) in [7, 11) is 0. The van der Waals surface area contributed by atoms with Crippen molar-refractivity contribution in [1.82, 2.24) is 4.98 Å². The lowest BCUT2D eigenvalue weighted by atomic mass is 9.68. The number of imide groups is 1. The maximum Gasteiger partial charge on any atom is 0.238 e. The van der Waals surface area contributed by atoms with Crippen molar-refractivity contribution in [3.8, 4) is 0 Å². The van der Waals surface area contributed by atoms with E-state index in [2.05, 4.69) is 17.1 Å². The zero-order valence-electron chi connectivity index (χ0n) is 17.9. The van der Waals surface area contributed by atoms with Crippen molar-refractivity contribution in [2.24, 2.45) is 11.8 Å². The first kappa shape index (κ1) is 19.6. The molecule has 1 aliphatic carbocycles. The SMILES string of the molecule is O=C1[C@@H]2[C@H](C(=O)N1c1cccc3cccnc13)[C@H](c1ccccc1)C=C[C@@H]2c1ccccc1. The van der Waals surface area contributed by atoms with Crippen molar-refractivity contribution in [2.45, 2.75) is 11.8 Å². The van der Waals surface area contributed by atoms with E-state index in [-0.39, 0.29) is 23.7 Å². The van der Waals surface area contributed by atoms with Crippen LogP contribution < -0.4 is 4.90 Å². The second-order valence-corrected chi connectivity index (χ2v) is 8.67. The molecular formula is C29H22N2O2. The molecule has 0 bridgehead atoms. The summed E-state index contributed by atoms with van der Waals surface area (Å²) in [5.41, 5.74) is 3.33. The van der Waals surface area contributed by atoms with Gasteiger partial charge in [-0.1, -0.05) is 91.0 Å². The first-order valence-corrected chi connectivity index (χ1v) is 11.2. The average Bonchev–Trinajstić information content (AvgIpc) is 3.14. The number of nitrogens with zero attached hydrogens (tertiary/aromatic N) is 2. The van der Waals surface area contributed by atoms with Crippen LogP contribution in [0.1, 0.15) is 23.0 Å². The Morgan fingerprint density at radius 2 is 1.15 bits per heavy atom. The number of allylic oxidation sites excluding steroid dienone is 2. The van der Waals surface area contributed by atoms with Gasteiger partial charge in [0, 0.05) is 23.4 Å². The van der Waals surface area contributed by atoms with Crippen LogP contribution in [0.2, 0.25) is 0 Å². The van der Waals surface area contributed by atoms with Gasteiger partial charge in [-0.25, -0.2) is 4.90 Å². The molecule has 2 amide bonds. The Kier molecular flexibility index (Phi) is 4.65. The van der Waals surface area contributed by atoms with Gasteiger partial charge >= 0.3 is 0 Å². The molecule has 4 aromatic rings. The standard InChI is InChI=1S/C29H22N2O2/c32-28-25-22(19-9-3-1-4-10-19)16-17-23(20-11-5-2-6-12-20)26(25)29(33)31(28)24-15-7-13-21-14-8-18-30-27(21)24/h1-18,22-23,25-26H/t22-,23+,25+,26-. The smallest absolute Gasteiger partial charge is 0.238 e. The lowest BCUT2D eigenvalue weighted by Gasteiger charge is -2.32. The highest BCUT2D eigenvalue weighted by Gasteiger charge is 2.55. The van der Waals surface area contributed by atoms with Crippen LogP contribution in [0.5, 0.6) is 0 Å². The molecule has 33 heavy (non-hydrogen) atoms. The van der Waals surface area contributed by atoms with E-state index < -0.39 is 11.8 Å². The van der Waals surface area contributed by atoms with Gasteiger partial charge in [-0.15, -0.1) is 0 Å². The van der Waals surface area contributed by atoms with E-state index in [1.807, 2.05) is 91.0 Å². The number of para-hydroxylation sites is 1. The summed E-state index contributed by atoms with van der Waals surface area (Å²) in [4.78, 5) is 33.9. The van der Waals surface area contributed by atoms with Crippen molar-refractivity contribution in [1.29, 1.82) is 0 Å². The quantitative estimate of drug-likeness (QED) is 0.320. The molecule has 2 aliphatic rings. The predicted molar refractivity (Wildman–Crippen MR) is 129 cm³/mol. The third kappa shape index (κ3) is 3.10. The monoisotopic (exact) mass is 430 g/mol. The Bertz CT molecular complexity index is 1310. The number of hydrogen-bond acceptors (Lipinski definition) is 3. The van der Waals surface area contributed by atoms with E-state index in [1.54, 1.807) is 6.20 Å². The van der Waals surface area contributed by atoms with Crippen molar-refractivity contribution in [2.75, 3.05) is 4.90 Å². The zero-order chi connectivity index (χ0) is 22.4. The highest BCUT2D eigenvalue weighted by molar-refractivity contribution is 6.25. The lowest BCUT2D eigenvalue weighted by Crippen LogP contribution is -2.32. The van der Waals surface area contributed by atoms with Gasteiger partial charge in [0.2, 0.25) is 11.8 Å². The van der Waals surface area contributed by atoms with E-state index >= 15 is 0 Å². The van der Waals surface area contributed by atoms with Gasteiger partial charge < -0.3 is 0 Å². The van der Waals surface area contributed by atoms with Crippen molar-refractivity contribution in [3.63, 3.8) is 0 Å². The molecule has 160 valence electrons. The normalized spacial score (nSPS) is 24.3. The molecule has 4 nitrogen and oxygen atoms in total. The van der Waals surface area contributed by atoms with E-state index in [4.69, 9.17) is 0 Å². The van der Waals surface area contributed by atoms with Crippen molar-refractivity contribution < 1.29 is 9.59 Å². The Morgan fingerprint density at radius 3 is 1.73 bits per heavy atom. The first-order valence-electron chi connectivity index (χ1n) is 11.2. The van der Waals surface area contributed by atoms with Crippen LogP contribution in [-0.2, 0) is 9.59 Å². The summed E-state index contributed by atoms with van der Waals surface area (Å²) in [6.07, 6.45) is 5.93. The fourth-order valence-corrected chi connectivity index (χ4v) is 5.44. The van der Waals surface area contributed by atoms with Crippen molar-refractivity contribution in [3.05, 3.63) is 120 Å². The zero-order valence-corrected chi connectivity index (χ0v) is 17.9. The van der Waals surface area contributed by atoms with Crippen LogP contribution in [-0.4, -0.2) is 16.8 Å². The Hall–Kier alpha value is -4.05. The van der Waals surface area contributed by atoms with Gasteiger partial charge in [0.1, 0.15) is 0 Å². The summed E-state index contributed by atoms with van der Waals surface area (Å²) in [5, 5.41) is 0.905. The van der Waals surface area contributed by atoms with Gasteiger partial charge in [-0.05, 0) is 23.3 Å². The van der Waals surface area contributed by atoms with Gasteiger partial charge in [0.05, 0.1) is 23.0 Å². The molecule has 0 saturated carbocycles. The number of rotatable bonds is 3. The second-order valence-electron chi connectivity index (χ2n) is 8.67. The number of anilines is 1. The summed E-state index contributed by atoms with van der Waals surface area (Å²) < 4.78 is 0. The van der Waals surface area contributed by atoms with Gasteiger partial charge in [-0.3, -0.25) is 14.6 Å². The fraction of sp³-hybridized carbons (Fsp3) is 0.138. The topological polar surface area (TPSA) is 50.3 Å². The highest BCUT2D eigenvalue weighted by atomic mass is 16.2. The number of benzene rings is 3. The van der Waals surface area contributed by atoms with E-state index in [1.165, 1.54) is 4.90 Å². The number of pyridine rings is 1. The molecule has 4 atom stereocenters. The Balaban J connectivity index is 1.52. The minimum atomic E-state index is -0.464. The van der Waals surface area contributed by atoms with Crippen LogP contribution >= 0.6 is 0 Å². The third-order valence-electron chi connectivity index (χ3n) is 6.92. The average molecular weight is 431 g/mol. The maximum atomic E-state index is 14.0. The number of hydrogen-bond donors (Lipinski definition) is 0. The second kappa shape index (κ2) is 7.82. The highest BCUT2D eigenvalue weighted by Crippen LogP contribution is 2.50. The van der Waals surface area contributed by atoms with Crippen LogP contribution in [0.15, 0.2) is 109 Å². The lowest BCUT2D eigenvalue weighted by molar-refractivity contribution is -0.122. The van der Waals surface area contributed by atoms with E-state index in [0.29, 0.717) is 11.2 Å².